The number of ether oxygens (including phenoxy) is 1. The number of likely N-dealkylation sites (tertiary alicyclic amines) is 1. The van der Waals surface area contributed by atoms with Crippen LogP contribution < -0.4 is 5.73 Å². The number of nitrogen functional groups attached to an aromatic ring is 1. The van der Waals surface area contributed by atoms with Gasteiger partial charge < -0.3 is 15.4 Å². The third-order valence-electron chi connectivity index (χ3n) is 6.79. The van der Waals surface area contributed by atoms with E-state index >= 15 is 0 Å². The van der Waals surface area contributed by atoms with Crippen LogP contribution in [0.1, 0.15) is 55.3 Å². The molecular formula is C24H32N4O2. The molecule has 0 aliphatic carbocycles. The molecule has 4 rings (SSSR count). The quantitative estimate of drug-likeness (QED) is 0.843. The van der Waals surface area contributed by atoms with Gasteiger partial charge in [-0.15, -0.1) is 0 Å². The number of carbonyl (C=O) groups is 1. The van der Waals surface area contributed by atoms with Gasteiger partial charge in [0.25, 0.3) is 0 Å². The molecule has 2 aromatic rings. The van der Waals surface area contributed by atoms with Gasteiger partial charge >= 0.3 is 0 Å². The molecule has 30 heavy (non-hydrogen) atoms. The van der Waals surface area contributed by atoms with Gasteiger partial charge in [0.15, 0.2) is 0 Å². The summed E-state index contributed by atoms with van der Waals surface area (Å²) in [7, 11) is 0. The van der Waals surface area contributed by atoms with Gasteiger partial charge in [-0.3, -0.25) is 4.79 Å². The van der Waals surface area contributed by atoms with Crippen molar-refractivity contribution in [3.05, 3.63) is 53.0 Å². The van der Waals surface area contributed by atoms with E-state index in [2.05, 4.69) is 53.0 Å². The maximum atomic E-state index is 14.1. The maximum Gasteiger partial charge on any atom is 0.233 e. The molecule has 0 bridgehead atoms. The van der Waals surface area contributed by atoms with Gasteiger partial charge in [0.05, 0.1) is 11.1 Å². The number of anilines is 1. The summed E-state index contributed by atoms with van der Waals surface area (Å²) in [6, 6.07) is 10.3. The van der Waals surface area contributed by atoms with E-state index in [0.717, 1.165) is 43.5 Å². The smallest absolute Gasteiger partial charge is 0.233 e. The Kier molecular flexibility index (Phi) is 5.53. The Morgan fingerprint density at radius 2 is 1.90 bits per heavy atom. The number of amides is 1. The minimum absolute atomic E-state index is 0.223. The predicted molar refractivity (Wildman–Crippen MR) is 117 cm³/mol. The lowest BCUT2D eigenvalue weighted by Gasteiger charge is -2.46. The molecule has 2 fully saturated rings. The zero-order chi connectivity index (χ0) is 21.4. The number of nitrogens with zero attached hydrogens (tertiary/aromatic N) is 3. The van der Waals surface area contributed by atoms with Crippen LogP contribution >= 0.6 is 0 Å². The van der Waals surface area contributed by atoms with Gasteiger partial charge in [0, 0.05) is 37.8 Å². The van der Waals surface area contributed by atoms with Crippen molar-refractivity contribution in [3.8, 4) is 0 Å². The first-order valence-electron chi connectivity index (χ1n) is 10.9. The highest BCUT2D eigenvalue weighted by Crippen LogP contribution is 2.40. The summed E-state index contributed by atoms with van der Waals surface area (Å²) in [4.78, 5) is 25.0. The Labute approximate surface area is 178 Å². The second-order valence-electron chi connectivity index (χ2n) is 9.18. The average Bonchev–Trinajstić information content (AvgIpc) is 2.73. The van der Waals surface area contributed by atoms with Crippen LogP contribution in [0.15, 0.2) is 30.3 Å². The highest BCUT2D eigenvalue weighted by molar-refractivity contribution is 5.88. The van der Waals surface area contributed by atoms with E-state index in [4.69, 9.17) is 10.5 Å². The molecule has 0 unspecified atom stereocenters. The van der Waals surface area contributed by atoms with E-state index in [9.17, 15) is 4.79 Å². The average molecular weight is 409 g/mol. The van der Waals surface area contributed by atoms with E-state index in [1.807, 2.05) is 13.0 Å². The Morgan fingerprint density at radius 1 is 1.13 bits per heavy atom. The standard InChI is InChI=1S/C24H32N4O2/c1-17-6-4-7-19(14-17)24(9-12-30-13-10-24)22(29)28-11-5-8-23(3,16-28)20-15-21(25)27-18(2)26-20/h4,6-7,14-15H,5,8-13,16H2,1-3H3,(H2,25,26,27)/t23-/m0/s1. The first-order valence-corrected chi connectivity index (χ1v) is 10.9. The van der Waals surface area contributed by atoms with Crippen LogP contribution in [-0.2, 0) is 20.4 Å². The highest BCUT2D eigenvalue weighted by atomic mass is 16.5. The van der Waals surface area contributed by atoms with E-state index in [0.29, 0.717) is 31.4 Å². The van der Waals surface area contributed by atoms with E-state index < -0.39 is 5.41 Å². The van der Waals surface area contributed by atoms with Crippen LogP contribution in [0.5, 0.6) is 0 Å². The van der Waals surface area contributed by atoms with Gasteiger partial charge in [0.2, 0.25) is 5.91 Å². The summed E-state index contributed by atoms with van der Waals surface area (Å²) < 4.78 is 5.65. The first-order chi connectivity index (χ1) is 14.3. The summed E-state index contributed by atoms with van der Waals surface area (Å²) in [6.07, 6.45) is 3.38. The molecule has 2 N–H and O–H groups in total. The molecule has 0 spiro atoms. The predicted octanol–water partition coefficient (Wildman–Crippen LogP) is 3.30. The normalized spacial score (nSPS) is 23.9. The lowest BCUT2D eigenvalue weighted by atomic mass is 9.71. The van der Waals surface area contributed by atoms with Crippen molar-refractivity contribution in [2.45, 2.75) is 57.3 Å². The number of aryl methyl sites for hydroxylation is 2. The van der Waals surface area contributed by atoms with Crippen LogP contribution in [0.4, 0.5) is 5.82 Å². The summed E-state index contributed by atoms with van der Waals surface area (Å²) in [5.41, 5.74) is 8.49. The topological polar surface area (TPSA) is 81.3 Å². The van der Waals surface area contributed by atoms with Gasteiger partial charge in [-0.1, -0.05) is 36.8 Å². The van der Waals surface area contributed by atoms with Gasteiger partial charge in [-0.2, -0.15) is 0 Å². The largest absolute Gasteiger partial charge is 0.384 e. The number of benzene rings is 1. The fourth-order valence-electron chi connectivity index (χ4n) is 5.11. The number of aromatic nitrogens is 2. The first kappa shape index (κ1) is 20.8. The van der Waals surface area contributed by atoms with Crippen LogP contribution in [0.2, 0.25) is 0 Å². The Morgan fingerprint density at radius 3 is 2.60 bits per heavy atom. The SMILES string of the molecule is Cc1cccc(C2(C(=O)N3CCC[C@](C)(c4cc(N)nc(C)n4)C3)CCOCC2)c1. The molecule has 1 atom stereocenters. The lowest BCUT2D eigenvalue weighted by Crippen LogP contribution is -2.55. The van der Waals surface area contributed by atoms with Gasteiger partial charge in [-0.25, -0.2) is 9.97 Å². The molecule has 1 aromatic carbocycles. The molecule has 1 aromatic heterocycles. The van der Waals surface area contributed by atoms with E-state index in [1.54, 1.807) is 0 Å². The van der Waals surface area contributed by atoms with Crippen LogP contribution in [-0.4, -0.2) is 47.1 Å². The van der Waals surface area contributed by atoms with Crippen molar-refractivity contribution in [2.75, 3.05) is 32.0 Å². The summed E-state index contributed by atoms with van der Waals surface area (Å²) in [5.74, 6) is 1.39. The van der Waals surface area contributed by atoms with Crippen molar-refractivity contribution < 1.29 is 9.53 Å². The number of carbonyl (C=O) groups excluding carboxylic acids is 1. The van der Waals surface area contributed by atoms with Crippen LogP contribution in [0.25, 0.3) is 0 Å². The summed E-state index contributed by atoms with van der Waals surface area (Å²) in [5, 5.41) is 0. The lowest BCUT2D eigenvalue weighted by molar-refractivity contribution is -0.143. The Balaban J connectivity index is 1.67. The summed E-state index contributed by atoms with van der Waals surface area (Å²) in [6.45, 7) is 8.80. The molecule has 3 heterocycles. The fraction of sp³-hybridized carbons (Fsp3) is 0.542. The molecule has 2 aliphatic heterocycles. The van der Waals surface area contributed by atoms with Crippen LogP contribution in [0.3, 0.4) is 0 Å². The maximum absolute atomic E-state index is 14.1. The Bertz CT molecular complexity index is 918. The zero-order valence-electron chi connectivity index (χ0n) is 18.3. The van der Waals surface area contributed by atoms with Crippen LogP contribution in [0, 0.1) is 13.8 Å². The molecule has 6 nitrogen and oxygen atoms in total. The molecule has 2 aliphatic rings. The molecule has 1 amide bonds. The van der Waals surface area contributed by atoms with E-state index in [-0.39, 0.29) is 11.3 Å². The molecule has 0 radical (unpaired) electrons. The van der Waals surface area contributed by atoms with Crippen molar-refractivity contribution in [1.29, 1.82) is 0 Å². The number of piperidine rings is 1. The molecular weight excluding hydrogens is 376 g/mol. The fourth-order valence-corrected chi connectivity index (χ4v) is 5.11. The second kappa shape index (κ2) is 7.99. The minimum Gasteiger partial charge on any atom is -0.384 e. The van der Waals surface area contributed by atoms with Crippen molar-refractivity contribution >= 4 is 11.7 Å². The van der Waals surface area contributed by atoms with Gasteiger partial charge in [0.1, 0.15) is 11.6 Å². The van der Waals surface area contributed by atoms with E-state index in [1.165, 1.54) is 5.56 Å². The Hall–Kier alpha value is -2.47. The van der Waals surface area contributed by atoms with Crippen molar-refractivity contribution in [1.82, 2.24) is 14.9 Å². The highest BCUT2D eigenvalue weighted by Gasteiger charge is 2.46. The number of nitrogens with two attached hydrogens (primary N) is 1. The second-order valence-corrected chi connectivity index (χ2v) is 9.18. The third kappa shape index (κ3) is 3.81. The van der Waals surface area contributed by atoms with Crippen molar-refractivity contribution in [2.24, 2.45) is 0 Å². The number of hydrogen-bond donors (Lipinski definition) is 1. The van der Waals surface area contributed by atoms with Gasteiger partial charge in [-0.05, 0) is 45.1 Å². The molecule has 0 saturated carbocycles. The number of hydrogen-bond acceptors (Lipinski definition) is 5. The minimum atomic E-state index is -0.511. The molecule has 6 heteroatoms. The third-order valence-corrected chi connectivity index (χ3v) is 6.79. The monoisotopic (exact) mass is 408 g/mol. The molecule has 2 saturated heterocycles. The summed E-state index contributed by atoms with van der Waals surface area (Å²) >= 11 is 0. The number of rotatable bonds is 3. The molecule has 160 valence electrons. The zero-order valence-corrected chi connectivity index (χ0v) is 18.3. The van der Waals surface area contributed by atoms with Crippen molar-refractivity contribution in [3.63, 3.8) is 0 Å².